The fourth-order valence-corrected chi connectivity index (χ4v) is 13.0. The van der Waals surface area contributed by atoms with Gasteiger partial charge in [-0.1, -0.05) is 287 Å². The Balaban J connectivity index is 1.29. The van der Waals surface area contributed by atoms with Gasteiger partial charge in [-0.05, 0) is 51.4 Å². The van der Waals surface area contributed by atoms with Gasteiger partial charge < -0.3 is 89.9 Å². The molecule has 0 aromatic carbocycles. The van der Waals surface area contributed by atoms with Crippen molar-refractivity contribution in [1.29, 1.82) is 0 Å². The lowest BCUT2D eigenvalue weighted by Gasteiger charge is -2.48. The van der Waals surface area contributed by atoms with Crippen LogP contribution in [0.4, 0.5) is 0 Å². The first-order valence-corrected chi connectivity index (χ1v) is 38.4. The highest BCUT2D eigenvalue weighted by atomic mass is 16.8. The lowest BCUT2D eigenvalue weighted by Crippen LogP contribution is -2.66. The first kappa shape index (κ1) is 87.0. The van der Waals surface area contributed by atoms with E-state index in [-0.39, 0.29) is 18.9 Å². The second-order valence-electron chi connectivity index (χ2n) is 27.4. The largest absolute Gasteiger partial charge is 0.394 e. The number of hydrogen-bond donors (Lipinski definition) is 12. The Labute approximate surface area is 573 Å². The average molecular weight is 1350 g/mol. The second-order valence-corrected chi connectivity index (χ2v) is 27.4. The fraction of sp³-hybridized carbons (Fsp3) is 0.882. The third-order valence-corrected chi connectivity index (χ3v) is 19.2. The van der Waals surface area contributed by atoms with Gasteiger partial charge >= 0.3 is 0 Å². The number of carbonyl (C=O) groups is 1. The zero-order valence-corrected chi connectivity index (χ0v) is 59.2. The average Bonchev–Trinajstić information content (AvgIpc) is 0.791. The molecule has 0 saturated carbocycles. The summed E-state index contributed by atoms with van der Waals surface area (Å²) in [4.78, 5) is 13.4. The van der Waals surface area contributed by atoms with Crippen molar-refractivity contribution in [1.82, 2.24) is 5.32 Å². The van der Waals surface area contributed by atoms with Crippen molar-refractivity contribution < 1.29 is 89.4 Å². The van der Waals surface area contributed by atoms with Gasteiger partial charge in [-0.25, -0.2) is 0 Å². The maximum atomic E-state index is 13.4. The number of hydrogen-bond acceptors (Lipinski definition) is 18. The van der Waals surface area contributed by atoms with Crippen molar-refractivity contribution in [3.63, 3.8) is 0 Å². The smallest absolute Gasteiger partial charge is 0.220 e. The van der Waals surface area contributed by atoms with Gasteiger partial charge in [0.2, 0.25) is 5.91 Å². The van der Waals surface area contributed by atoms with E-state index in [1.54, 1.807) is 0 Å². The molecular formula is C76H139NO18. The van der Waals surface area contributed by atoms with Crippen LogP contribution in [0.1, 0.15) is 296 Å². The third kappa shape index (κ3) is 38.4. The van der Waals surface area contributed by atoms with Gasteiger partial charge in [0.05, 0.1) is 38.6 Å². The Morgan fingerprint density at radius 3 is 1.14 bits per heavy atom. The molecule has 3 saturated heterocycles. The van der Waals surface area contributed by atoms with Gasteiger partial charge in [0, 0.05) is 6.42 Å². The number of rotatable bonds is 60. The van der Waals surface area contributed by atoms with E-state index in [9.17, 15) is 61.0 Å². The van der Waals surface area contributed by atoms with Crippen LogP contribution in [0.5, 0.6) is 0 Å². The molecular weight excluding hydrogens is 1210 g/mol. The predicted octanol–water partition coefficient (Wildman–Crippen LogP) is 11.7. The van der Waals surface area contributed by atoms with Crippen LogP contribution >= 0.6 is 0 Å². The Morgan fingerprint density at radius 1 is 0.389 bits per heavy atom. The van der Waals surface area contributed by atoms with Crippen molar-refractivity contribution in [2.75, 3.05) is 26.4 Å². The van der Waals surface area contributed by atoms with E-state index < -0.39 is 124 Å². The molecule has 3 aliphatic rings. The van der Waals surface area contributed by atoms with Gasteiger partial charge in [0.15, 0.2) is 18.9 Å². The number of carbonyl (C=O) groups excluding carboxylic acids is 1. The van der Waals surface area contributed by atoms with E-state index in [0.29, 0.717) is 12.8 Å². The molecule has 3 aliphatic heterocycles. The zero-order chi connectivity index (χ0) is 68.9. The number of ether oxygens (including phenoxy) is 6. The summed E-state index contributed by atoms with van der Waals surface area (Å²) < 4.78 is 34.4. The van der Waals surface area contributed by atoms with Gasteiger partial charge in [0.1, 0.15) is 73.2 Å². The van der Waals surface area contributed by atoms with Gasteiger partial charge in [-0.15, -0.1) is 0 Å². The van der Waals surface area contributed by atoms with Crippen LogP contribution in [0.15, 0.2) is 48.6 Å². The summed E-state index contributed by atoms with van der Waals surface area (Å²) in [6, 6.07) is -0.885. The van der Waals surface area contributed by atoms with E-state index in [0.717, 1.165) is 70.6 Å². The second kappa shape index (κ2) is 57.4. The monoisotopic (exact) mass is 1350 g/mol. The van der Waals surface area contributed by atoms with Crippen LogP contribution in [-0.4, -0.2) is 193 Å². The molecule has 3 fully saturated rings. The molecule has 19 nitrogen and oxygen atoms in total. The molecule has 0 bridgehead atoms. The van der Waals surface area contributed by atoms with E-state index in [1.165, 1.54) is 193 Å². The molecule has 19 heteroatoms. The zero-order valence-electron chi connectivity index (χ0n) is 59.2. The topological polar surface area (TPSA) is 307 Å². The lowest BCUT2D eigenvalue weighted by atomic mass is 9.96. The van der Waals surface area contributed by atoms with Crippen LogP contribution in [-0.2, 0) is 33.2 Å². The Kier molecular flexibility index (Phi) is 52.5. The first-order valence-electron chi connectivity index (χ1n) is 38.4. The summed E-state index contributed by atoms with van der Waals surface area (Å²) in [6.45, 7) is 1.70. The Morgan fingerprint density at radius 2 is 0.726 bits per heavy atom. The lowest BCUT2D eigenvalue weighted by molar-refractivity contribution is -0.379. The highest BCUT2D eigenvalue weighted by Gasteiger charge is 2.53. The SMILES string of the molecule is CC/C=C\C/C=C\C/C=C\C/C=C\CCCCCCCCCCCCCCCCCCCCCCCCCCC(=O)NC(COC1OC(CO)C(OC2OC(CO)C(OC3OC(CO)C(O)C(O)C3O)C(O)C2O)C(O)C1O)C(O)CCCCCCCCCCCCCCC. The van der Waals surface area contributed by atoms with E-state index in [2.05, 4.69) is 67.8 Å². The number of aliphatic hydroxyl groups is 11. The first-order chi connectivity index (χ1) is 46.3. The maximum Gasteiger partial charge on any atom is 0.220 e. The van der Waals surface area contributed by atoms with Crippen molar-refractivity contribution in [3.8, 4) is 0 Å². The molecule has 17 atom stereocenters. The minimum atomic E-state index is -1.97. The summed E-state index contributed by atoms with van der Waals surface area (Å²) in [6.07, 6.45) is 43.7. The maximum absolute atomic E-state index is 13.4. The minimum Gasteiger partial charge on any atom is -0.394 e. The van der Waals surface area contributed by atoms with E-state index >= 15 is 0 Å². The van der Waals surface area contributed by atoms with E-state index in [1.807, 2.05) is 0 Å². The molecule has 12 N–H and O–H groups in total. The van der Waals surface area contributed by atoms with Crippen molar-refractivity contribution in [2.24, 2.45) is 0 Å². The molecule has 0 aromatic rings. The Bertz CT molecular complexity index is 1910. The number of unbranched alkanes of at least 4 members (excludes halogenated alkanes) is 36. The minimum absolute atomic E-state index is 0.239. The summed E-state index contributed by atoms with van der Waals surface area (Å²) >= 11 is 0. The molecule has 17 unspecified atom stereocenters. The van der Waals surface area contributed by atoms with Gasteiger partial charge in [-0.2, -0.15) is 0 Å². The molecule has 95 heavy (non-hydrogen) atoms. The molecule has 0 aliphatic carbocycles. The quantitative estimate of drug-likeness (QED) is 0.0199. The summed E-state index contributed by atoms with van der Waals surface area (Å²) in [5.74, 6) is -0.239. The normalized spacial score (nSPS) is 27.4. The molecule has 0 radical (unpaired) electrons. The highest BCUT2D eigenvalue weighted by Crippen LogP contribution is 2.33. The van der Waals surface area contributed by atoms with Crippen LogP contribution in [0.3, 0.4) is 0 Å². The van der Waals surface area contributed by atoms with Crippen molar-refractivity contribution in [2.45, 2.75) is 401 Å². The van der Waals surface area contributed by atoms with Crippen molar-refractivity contribution >= 4 is 5.91 Å². The predicted molar refractivity (Wildman–Crippen MR) is 374 cm³/mol. The fourth-order valence-electron chi connectivity index (χ4n) is 13.0. The third-order valence-electron chi connectivity index (χ3n) is 19.2. The highest BCUT2D eigenvalue weighted by molar-refractivity contribution is 5.76. The molecule has 3 heterocycles. The van der Waals surface area contributed by atoms with Gasteiger partial charge in [-0.3, -0.25) is 4.79 Å². The van der Waals surface area contributed by atoms with Crippen molar-refractivity contribution in [3.05, 3.63) is 48.6 Å². The van der Waals surface area contributed by atoms with Crippen LogP contribution in [0, 0.1) is 0 Å². The summed E-state index contributed by atoms with van der Waals surface area (Å²) in [5, 5.41) is 121. The van der Waals surface area contributed by atoms with Crippen LogP contribution in [0.2, 0.25) is 0 Å². The number of amides is 1. The summed E-state index contributed by atoms with van der Waals surface area (Å²) in [7, 11) is 0. The molecule has 556 valence electrons. The Hall–Kier alpha value is -2.25. The molecule has 0 aromatic heterocycles. The number of nitrogens with one attached hydrogen (secondary N) is 1. The van der Waals surface area contributed by atoms with E-state index in [4.69, 9.17) is 28.4 Å². The summed E-state index contributed by atoms with van der Waals surface area (Å²) in [5.41, 5.74) is 0. The molecule has 3 rings (SSSR count). The standard InChI is InChI=1S/C76H139NO18/c1-3-5-7-9-11-13-15-17-18-19-20-21-22-23-24-25-26-27-28-29-30-31-32-33-34-35-36-37-38-39-40-42-44-46-48-50-52-54-64(82)77-59(60(81)53-51-49-47-45-43-41-16-14-12-10-8-6-4-2)58-90-74-70(88)67(85)72(62(56-79)92-74)95-76-71(89)68(86)73(63(57-80)93-76)94-75-69(87)66(84)65(83)61(55-78)91-75/h5,7,11,13,17-18,20-21,59-63,65-76,78-81,83-89H,3-4,6,8-10,12,14-16,19,22-58H2,1-2H3,(H,77,82)/b7-5-,13-11-,18-17-,21-20-. The number of allylic oxidation sites excluding steroid dienone is 8. The van der Waals surface area contributed by atoms with Crippen LogP contribution < -0.4 is 5.32 Å². The number of aliphatic hydroxyl groups excluding tert-OH is 11. The molecule has 1 amide bonds. The van der Waals surface area contributed by atoms with Gasteiger partial charge in [0.25, 0.3) is 0 Å². The molecule has 0 spiro atoms. The van der Waals surface area contributed by atoms with Crippen LogP contribution in [0.25, 0.3) is 0 Å².